The number of nitrogens with zero attached hydrogens (tertiary/aromatic N) is 4. The Kier molecular flexibility index (Phi) is 4.49. The van der Waals surface area contributed by atoms with Gasteiger partial charge in [0.15, 0.2) is 0 Å². The molecule has 0 N–H and O–H groups in total. The van der Waals surface area contributed by atoms with Crippen molar-refractivity contribution in [3.05, 3.63) is 76.7 Å². The molecule has 0 saturated carbocycles. The Morgan fingerprint density at radius 2 is 1.89 bits per heavy atom. The predicted octanol–water partition coefficient (Wildman–Crippen LogP) is 2.96. The highest BCUT2D eigenvalue weighted by atomic mass is 16.5. The fourth-order valence-corrected chi connectivity index (χ4v) is 3.10. The Labute approximate surface area is 160 Å². The van der Waals surface area contributed by atoms with Crippen molar-refractivity contribution in [3.63, 3.8) is 0 Å². The lowest BCUT2D eigenvalue weighted by Crippen LogP contribution is -2.20. The maximum atomic E-state index is 12.7. The maximum Gasteiger partial charge on any atom is 0.343 e. The van der Waals surface area contributed by atoms with Gasteiger partial charge in [-0.25, -0.2) is 9.48 Å². The monoisotopic (exact) mass is 374 g/mol. The molecule has 2 aromatic heterocycles. The Morgan fingerprint density at radius 3 is 2.64 bits per heavy atom. The third-order valence-electron chi connectivity index (χ3n) is 4.50. The van der Waals surface area contributed by atoms with E-state index in [1.165, 1.54) is 6.20 Å². The number of rotatable bonds is 4. The molecule has 0 amide bonds. The van der Waals surface area contributed by atoms with Gasteiger partial charge in [0, 0.05) is 24.2 Å². The number of carbonyl (C=O) groups excluding carboxylic acids is 1. The molecule has 0 atom stereocenters. The van der Waals surface area contributed by atoms with Crippen LogP contribution < -0.4 is 5.43 Å². The van der Waals surface area contributed by atoms with Crippen molar-refractivity contribution in [3.8, 4) is 16.9 Å². The van der Waals surface area contributed by atoms with E-state index in [-0.39, 0.29) is 17.6 Å². The van der Waals surface area contributed by atoms with Crippen LogP contribution in [0.5, 0.6) is 0 Å². The second-order valence-corrected chi connectivity index (χ2v) is 6.32. The molecule has 140 valence electrons. The van der Waals surface area contributed by atoms with Crippen molar-refractivity contribution in [2.45, 2.75) is 6.92 Å². The summed E-state index contributed by atoms with van der Waals surface area (Å²) in [7, 11) is 1.78. The SMILES string of the molecule is CCOC(=O)c1cn(C)c2cc(-n3cc(-c4ccccc4)nn3)ccc2c1=O. The van der Waals surface area contributed by atoms with E-state index in [1.54, 1.807) is 35.4 Å². The van der Waals surface area contributed by atoms with Gasteiger partial charge in [-0.2, -0.15) is 0 Å². The summed E-state index contributed by atoms with van der Waals surface area (Å²) in [5.41, 5.74) is 2.86. The van der Waals surface area contributed by atoms with E-state index < -0.39 is 5.97 Å². The summed E-state index contributed by atoms with van der Waals surface area (Å²) in [6, 6.07) is 15.1. The van der Waals surface area contributed by atoms with Gasteiger partial charge in [-0.15, -0.1) is 5.10 Å². The molecule has 7 nitrogen and oxygen atoms in total. The molecule has 0 radical (unpaired) electrons. The fraction of sp³-hybridized carbons (Fsp3) is 0.143. The molecule has 0 saturated heterocycles. The minimum Gasteiger partial charge on any atom is -0.462 e. The quantitative estimate of drug-likeness (QED) is 0.513. The molecule has 2 aromatic carbocycles. The van der Waals surface area contributed by atoms with Crippen LogP contribution in [0.2, 0.25) is 0 Å². The number of pyridine rings is 1. The topological polar surface area (TPSA) is 79.0 Å². The smallest absolute Gasteiger partial charge is 0.343 e. The summed E-state index contributed by atoms with van der Waals surface area (Å²) in [5.74, 6) is -0.613. The number of ether oxygens (including phenoxy) is 1. The van der Waals surface area contributed by atoms with Crippen molar-refractivity contribution in [1.29, 1.82) is 0 Å². The van der Waals surface area contributed by atoms with E-state index >= 15 is 0 Å². The van der Waals surface area contributed by atoms with Crippen molar-refractivity contribution in [2.24, 2.45) is 7.05 Å². The molecular formula is C21H18N4O3. The van der Waals surface area contributed by atoms with E-state index in [0.717, 1.165) is 16.9 Å². The molecular weight excluding hydrogens is 356 g/mol. The van der Waals surface area contributed by atoms with Gasteiger partial charge >= 0.3 is 5.97 Å². The number of aryl methyl sites for hydroxylation is 1. The predicted molar refractivity (Wildman–Crippen MR) is 105 cm³/mol. The molecule has 0 aliphatic carbocycles. The van der Waals surface area contributed by atoms with Gasteiger partial charge < -0.3 is 9.30 Å². The summed E-state index contributed by atoms with van der Waals surface area (Å²) in [6.07, 6.45) is 3.34. The Bertz CT molecular complexity index is 1230. The first-order chi connectivity index (χ1) is 13.6. The second kappa shape index (κ2) is 7.11. The lowest BCUT2D eigenvalue weighted by atomic mass is 10.1. The Balaban J connectivity index is 1.78. The van der Waals surface area contributed by atoms with Gasteiger partial charge in [0.05, 0.1) is 24.0 Å². The van der Waals surface area contributed by atoms with Gasteiger partial charge in [-0.3, -0.25) is 4.79 Å². The molecule has 2 heterocycles. The third kappa shape index (κ3) is 3.07. The molecule has 4 rings (SSSR count). The number of benzene rings is 2. The number of hydrogen-bond acceptors (Lipinski definition) is 5. The van der Waals surface area contributed by atoms with Gasteiger partial charge in [0.2, 0.25) is 5.43 Å². The molecule has 28 heavy (non-hydrogen) atoms. The average Bonchev–Trinajstić information content (AvgIpc) is 3.21. The number of esters is 1. The highest BCUT2D eigenvalue weighted by Crippen LogP contribution is 2.20. The van der Waals surface area contributed by atoms with Gasteiger partial charge in [0.25, 0.3) is 0 Å². The first-order valence-electron chi connectivity index (χ1n) is 8.87. The largest absolute Gasteiger partial charge is 0.462 e. The van der Waals surface area contributed by atoms with Gasteiger partial charge in [-0.1, -0.05) is 35.5 Å². The van der Waals surface area contributed by atoms with E-state index in [9.17, 15) is 9.59 Å². The molecule has 0 fully saturated rings. The van der Waals surface area contributed by atoms with Gasteiger partial charge in [0.1, 0.15) is 11.3 Å². The van der Waals surface area contributed by atoms with Crippen LogP contribution in [0.3, 0.4) is 0 Å². The van der Waals surface area contributed by atoms with Crippen LogP contribution in [0.25, 0.3) is 27.8 Å². The van der Waals surface area contributed by atoms with Crippen LogP contribution in [-0.2, 0) is 11.8 Å². The van der Waals surface area contributed by atoms with E-state index in [0.29, 0.717) is 10.9 Å². The van der Waals surface area contributed by atoms with Crippen molar-refractivity contribution >= 4 is 16.9 Å². The van der Waals surface area contributed by atoms with Crippen LogP contribution in [0, 0.1) is 0 Å². The van der Waals surface area contributed by atoms with Crippen molar-refractivity contribution in [1.82, 2.24) is 19.6 Å². The number of aromatic nitrogens is 4. The summed E-state index contributed by atoms with van der Waals surface area (Å²) >= 11 is 0. The van der Waals surface area contributed by atoms with Crippen LogP contribution in [-0.4, -0.2) is 32.1 Å². The third-order valence-corrected chi connectivity index (χ3v) is 4.50. The molecule has 0 unspecified atom stereocenters. The number of hydrogen-bond donors (Lipinski definition) is 0. The normalized spacial score (nSPS) is 10.9. The molecule has 0 spiro atoms. The standard InChI is InChI=1S/C21H18N4O3/c1-3-28-21(27)17-12-24(2)19-11-15(9-10-16(19)20(17)26)25-13-18(22-23-25)14-7-5-4-6-8-14/h4-13H,3H2,1-2H3. The second-order valence-electron chi connectivity index (χ2n) is 6.32. The first kappa shape index (κ1) is 17.7. The minimum atomic E-state index is -0.613. The highest BCUT2D eigenvalue weighted by molar-refractivity contribution is 5.94. The number of carbonyl (C=O) groups is 1. The zero-order chi connectivity index (χ0) is 19.7. The lowest BCUT2D eigenvalue weighted by molar-refractivity contribution is 0.0524. The summed E-state index contributed by atoms with van der Waals surface area (Å²) < 4.78 is 8.37. The van der Waals surface area contributed by atoms with Gasteiger partial charge in [-0.05, 0) is 25.1 Å². The molecule has 0 bridgehead atoms. The van der Waals surface area contributed by atoms with E-state index in [4.69, 9.17) is 4.74 Å². The fourth-order valence-electron chi connectivity index (χ4n) is 3.10. The summed E-state index contributed by atoms with van der Waals surface area (Å²) in [5, 5.41) is 8.87. The Hall–Kier alpha value is -3.74. The average molecular weight is 374 g/mol. The summed E-state index contributed by atoms with van der Waals surface area (Å²) in [4.78, 5) is 24.7. The van der Waals surface area contributed by atoms with Crippen LogP contribution in [0.1, 0.15) is 17.3 Å². The van der Waals surface area contributed by atoms with Crippen LogP contribution >= 0.6 is 0 Å². The van der Waals surface area contributed by atoms with Crippen LogP contribution in [0.4, 0.5) is 0 Å². The molecule has 0 aliphatic heterocycles. The molecule has 7 heteroatoms. The minimum absolute atomic E-state index is 0.0247. The van der Waals surface area contributed by atoms with E-state index in [1.807, 2.05) is 42.6 Å². The summed E-state index contributed by atoms with van der Waals surface area (Å²) in [6.45, 7) is 1.92. The number of fused-ring (bicyclic) bond motifs is 1. The first-order valence-corrected chi connectivity index (χ1v) is 8.87. The Morgan fingerprint density at radius 1 is 1.11 bits per heavy atom. The van der Waals surface area contributed by atoms with E-state index in [2.05, 4.69) is 10.3 Å². The highest BCUT2D eigenvalue weighted by Gasteiger charge is 2.16. The van der Waals surface area contributed by atoms with Crippen LogP contribution in [0.15, 0.2) is 65.7 Å². The zero-order valence-corrected chi connectivity index (χ0v) is 15.5. The maximum absolute atomic E-state index is 12.7. The van der Waals surface area contributed by atoms with Crippen molar-refractivity contribution < 1.29 is 9.53 Å². The molecule has 0 aliphatic rings. The molecule has 4 aromatic rings. The zero-order valence-electron chi connectivity index (χ0n) is 15.5. The lowest BCUT2D eigenvalue weighted by Gasteiger charge is -2.10. The van der Waals surface area contributed by atoms with Crippen molar-refractivity contribution in [2.75, 3.05) is 6.61 Å².